The molecule has 0 spiro atoms. The normalized spacial score (nSPS) is 13.0. The van der Waals surface area contributed by atoms with Gasteiger partial charge in [-0.05, 0) is 42.4 Å². The van der Waals surface area contributed by atoms with Crippen molar-refractivity contribution < 1.29 is 9.53 Å². The fraction of sp³-hybridized carbons (Fsp3) is 0.222. The number of thioether (sulfide) groups is 1. The molecule has 3 rings (SSSR count). The number of benzene rings is 2. The molecule has 0 radical (unpaired) electrons. The number of pyridine rings is 1. The first kappa shape index (κ1) is 24.3. The molecule has 170 valence electrons. The third-order valence-corrected chi connectivity index (χ3v) is 6.06. The zero-order valence-corrected chi connectivity index (χ0v) is 20.2. The number of aliphatic imine (C=N–C) groups is 1. The van der Waals surface area contributed by atoms with Crippen LogP contribution in [0.2, 0.25) is 0 Å². The average Bonchev–Trinajstić information content (AvgIpc) is 2.85. The van der Waals surface area contributed by atoms with Crippen LogP contribution in [0.1, 0.15) is 32.8 Å². The molecule has 5 nitrogen and oxygen atoms in total. The summed E-state index contributed by atoms with van der Waals surface area (Å²) in [7, 11) is 1.73. The second-order valence-corrected chi connectivity index (χ2v) is 8.37. The summed E-state index contributed by atoms with van der Waals surface area (Å²) in [6.45, 7) is 5.89. The van der Waals surface area contributed by atoms with Gasteiger partial charge in [-0.15, -0.1) is 0 Å². The number of ether oxygens (including phenoxy) is 1. The van der Waals surface area contributed by atoms with Crippen molar-refractivity contribution >= 4 is 45.4 Å². The number of allylic oxidation sites excluding steroid dienone is 2. The number of nitrogens with one attached hydrogen (secondary N) is 1. The number of aromatic nitrogens is 1. The number of carbonyl (C=O) groups is 1. The second kappa shape index (κ2) is 12.0. The van der Waals surface area contributed by atoms with Crippen LogP contribution in [0.3, 0.4) is 0 Å². The molecule has 1 N–H and O–H groups in total. The van der Waals surface area contributed by atoms with Crippen LogP contribution in [-0.2, 0) is 4.79 Å². The molecular weight excluding hydrogens is 430 g/mol. The van der Waals surface area contributed by atoms with Crippen molar-refractivity contribution in [2.75, 3.05) is 12.4 Å². The van der Waals surface area contributed by atoms with Gasteiger partial charge in [0.1, 0.15) is 17.3 Å². The van der Waals surface area contributed by atoms with Crippen LogP contribution < -0.4 is 10.1 Å². The first-order valence-electron chi connectivity index (χ1n) is 10.9. The number of amidine groups is 1. The smallest absolute Gasteiger partial charge is 0.166 e. The topological polar surface area (TPSA) is 63.6 Å². The Balaban J connectivity index is 1.99. The summed E-state index contributed by atoms with van der Waals surface area (Å²) in [5.74, 6) is 2.00. The molecule has 6 heteroatoms. The van der Waals surface area contributed by atoms with E-state index < -0.39 is 0 Å². The molecule has 2 aromatic carbocycles. The zero-order chi connectivity index (χ0) is 23.6. The Kier molecular flexibility index (Phi) is 8.84. The van der Waals surface area contributed by atoms with Crippen molar-refractivity contribution in [1.82, 2.24) is 4.98 Å². The van der Waals surface area contributed by atoms with E-state index in [1.165, 1.54) is 11.8 Å². The average molecular weight is 460 g/mol. The second-order valence-electron chi connectivity index (χ2n) is 7.47. The highest BCUT2D eigenvalue weighted by atomic mass is 32.2. The van der Waals surface area contributed by atoms with E-state index in [1.807, 2.05) is 68.7 Å². The minimum Gasteiger partial charge on any atom is -0.456 e. The predicted molar refractivity (Wildman–Crippen MR) is 141 cm³/mol. The summed E-state index contributed by atoms with van der Waals surface area (Å²) in [4.78, 5) is 21.1. The molecule has 0 saturated heterocycles. The van der Waals surface area contributed by atoms with Crippen molar-refractivity contribution in [3.05, 3.63) is 77.9 Å². The summed E-state index contributed by atoms with van der Waals surface area (Å²) in [6.07, 6.45) is 7.83. The van der Waals surface area contributed by atoms with E-state index in [4.69, 9.17) is 4.74 Å². The van der Waals surface area contributed by atoms with E-state index in [0.29, 0.717) is 16.7 Å². The Bertz CT molecular complexity index is 1200. The molecule has 3 aromatic rings. The summed E-state index contributed by atoms with van der Waals surface area (Å²) >= 11 is 1.47. The third kappa shape index (κ3) is 6.56. The van der Waals surface area contributed by atoms with Gasteiger partial charge in [-0.25, -0.2) is 4.98 Å². The first-order chi connectivity index (χ1) is 16.0. The van der Waals surface area contributed by atoms with Gasteiger partial charge in [0.25, 0.3) is 0 Å². The maximum Gasteiger partial charge on any atom is 0.166 e. The lowest BCUT2D eigenvalue weighted by atomic mass is 10.0. The Morgan fingerprint density at radius 3 is 2.76 bits per heavy atom. The number of fused-ring (bicyclic) bond motifs is 1. The van der Waals surface area contributed by atoms with Crippen molar-refractivity contribution in [1.29, 1.82) is 0 Å². The molecule has 1 atom stereocenters. The maximum absolute atomic E-state index is 12.4. The number of hydrogen-bond donors (Lipinski definition) is 1. The Morgan fingerprint density at radius 1 is 1.21 bits per heavy atom. The molecule has 33 heavy (non-hydrogen) atoms. The molecule has 1 aromatic heterocycles. The lowest BCUT2D eigenvalue weighted by Gasteiger charge is -2.14. The van der Waals surface area contributed by atoms with Gasteiger partial charge < -0.3 is 10.1 Å². The van der Waals surface area contributed by atoms with Gasteiger partial charge in [0, 0.05) is 36.2 Å². The standard InChI is InChI=1S/C27H29N3O2S/c1-5-16-33-27(28-4)30-26-17-25(21(18-29-26)14-15-23(31)19(3)6-2)32-24-13-9-11-20-10-7-8-12-22(20)24/h5,7-19H,6H2,1-4H3,(H,28,29,30)/b15-14+,16-5+. The first-order valence-corrected chi connectivity index (χ1v) is 11.8. The van der Waals surface area contributed by atoms with Gasteiger partial charge in [0.15, 0.2) is 11.0 Å². The Labute approximate surface area is 199 Å². The van der Waals surface area contributed by atoms with Gasteiger partial charge in [0.05, 0.1) is 0 Å². The fourth-order valence-corrected chi connectivity index (χ4v) is 3.58. The van der Waals surface area contributed by atoms with Crippen LogP contribution in [0.4, 0.5) is 5.82 Å². The third-order valence-electron chi connectivity index (χ3n) is 5.14. The molecule has 0 aliphatic rings. The molecule has 1 heterocycles. The highest BCUT2D eigenvalue weighted by Crippen LogP contribution is 2.33. The van der Waals surface area contributed by atoms with Crippen molar-refractivity contribution in [2.24, 2.45) is 10.9 Å². The molecule has 0 amide bonds. The van der Waals surface area contributed by atoms with Crippen molar-refractivity contribution in [3.63, 3.8) is 0 Å². The Morgan fingerprint density at radius 2 is 2.00 bits per heavy atom. The van der Waals surface area contributed by atoms with Crippen molar-refractivity contribution in [3.8, 4) is 11.5 Å². The van der Waals surface area contributed by atoms with E-state index in [2.05, 4.69) is 27.4 Å². The van der Waals surface area contributed by atoms with E-state index in [0.717, 1.165) is 28.5 Å². The van der Waals surface area contributed by atoms with E-state index >= 15 is 0 Å². The number of nitrogens with zero attached hydrogens (tertiary/aromatic N) is 2. The number of rotatable bonds is 8. The quantitative estimate of drug-likeness (QED) is 0.217. The van der Waals surface area contributed by atoms with Crippen LogP contribution >= 0.6 is 11.8 Å². The largest absolute Gasteiger partial charge is 0.456 e. The lowest BCUT2D eigenvalue weighted by Crippen LogP contribution is -2.08. The van der Waals surface area contributed by atoms with E-state index in [-0.39, 0.29) is 11.7 Å². The maximum atomic E-state index is 12.4. The predicted octanol–water partition coefficient (Wildman–Crippen LogP) is 7.32. The summed E-state index contributed by atoms with van der Waals surface area (Å²) < 4.78 is 6.38. The molecule has 0 bridgehead atoms. The zero-order valence-electron chi connectivity index (χ0n) is 19.4. The highest BCUT2D eigenvalue weighted by molar-refractivity contribution is 8.16. The molecule has 0 saturated carbocycles. The minimum atomic E-state index is -0.0236. The van der Waals surface area contributed by atoms with Gasteiger partial charge in [-0.1, -0.05) is 68.1 Å². The van der Waals surface area contributed by atoms with Crippen LogP contribution in [0.15, 0.2) is 77.3 Å². The van der Waals surface area contributed by atoms with Gasteiger partial charge in [-0.3, -0.25) is 9.79 Å². The van der Waals surface area contributed by atoms with Gasteiger partial charge >= 0.3 is 0 Å². The number of ketones is 1. The van der Waals surface area contributed by atoms with Gasteiger partial charge in [-0.2, -0.15) is 0 Å². The number of carbonyl (C=O) groups excluding carboxylic acids is 1. The van der Waals surface area contributed by atoms with Gasteiger partial charge in [0.2, 0.25) is 0 Å². The summed E-state index contributed by atoms with van der Waals surface area (Å²) in [5.41, 5.74) is 0.723. The van der Waals surface area contributed by atoms with Crippen LogP contribution in [0, 0.1) is 5.92 Å². The SMILES string of the molecule is C/C=C/SC(=NC)Nc1cc(Oc2cccc3ccccc23)c(/C=C/C(=O)C(C)CC)cn1. The summed E-state index contributed by atoms with van der Waals surface area (Å²) in [6, 6.07) is 15.9. The van der Waals surface area contributed by atoms with Crippen LogP contribution in [-0.4, -0.2) is 23.0 Å². The molecule has 0 aliphatic heterocycles. The van der Waals surface area contributed by atoms with Crippen LogP contribution in [0.5, 0.6) is 11.5 Å². The monoisotopic (exact) mass is 459 g/mol. The molecule has 1 unspecified atom stereocenters. The molecule has 0 fully saturated rings. The van der Waals surface area contributed by atoms with E-state index in [9.17, 15) is 4.79 Å². The number of hydrogen-bond acceptors (Lipinski definition) is 5. The Hall–Kier alpha value is -3.38. The van der Waals surface area contributed by atoms with E-state index in [1.54, 1.807) is 25.4 Å². The fourth-order valence-electron chi connectivity index (χ4n) is 3.05. The number of anilines is 1. The minimum absolute atomic E-state index is 0.0236. The highest BCUT2D eigenvalue weighted by Gasteiger charge is 2.12. The lowest BCUT2D eigenvalue weighted by molar-refractivity contribution is -0.117. The van der Waals surface area contributed by atoms with Crippen LogP contribution in [0.25, 0.3) is 16.8 Å². The molecular formula is C27H29N3O2S. The molecule has 0 aliphatic carbocycles. The van der Waals surface area contributed by atoms with Crippen molar-refractivity contribution in [2.45, 2.75) is 27.2 Å². The summed E-state index contributed by atoms with van der Waals surface area (Å²) in [5, 5.41) is 7.99.